The molecule has 0 radical (unpaired) electrons. The molecule has 0 heterocycles. The zero-order valence-corrected chi connectivity index (χ0v) is 12.8. The number of hydrogen-bond donors (Lipinski definition) is 1. The summed E-state index contributed by atoms with van der Waals surface area (Å²) in [6.07, 6.45) is 7.61. The minimum atomic E-state index is 0.574. The van der Waals surface area contributed by atoms with Gasteiger partial charge in [0.2, 0.25) is 0 Å². The topological polar surface area (TPSA) is 12.0 Å². The summed E-state index contributed by atoms with van der Waals surface area (Å²) in [5.74, 6) is 5.01. The van der Waals surface area contributed by atoms with Gasteiger partial charge < -0.3 is 5.32 Å². The van der Waals surface area contributed by atoms with Crippen LogP contribution < -0.4 is 5.32 Å². The number of rotatable bonds is 3. The van der Waals surface area contributed by atoms with Gasteiger partial charge in [-0.3, -0.25) is 0 Å². The molecule has 4 aliphatic rings. The molecule has 1 nitrogen and oxygen atoms in total. The summed E-state index contributed by atoms with van der Waals surface area (Å²) in [7, 11) is 2.16. The molecule has 1 aromatic rings. The molecule has 4 bridgehead atoms. The molecule has 0 amide bonds. The molecule has 4 fully saturated rings. The summed E-state index contributed by atoms with van der Waals surface area (Å²) in [4.78, 5) is 0. The van der Waals surface area contributed by atoms with Crippen LogP contribution in [0.4, 0.5) is 0 Å². The van der Waals surface area contributed by atoms with Crippen molar-refractivity contribution in [2.24, 2.45) is 29.6 Å². The van der Waals surface area contributed by atoms with Crippen molar-refractivity contribution in [1.82, 2.24) is 5.32 Å². The van der Waals surface area contributed by atoms with Crippen LogP contribution in [0.5, 0.6) is 0 Å². The Morgan fingerprint density at radius 3 is 2.20 bits per heavy atom. The van der Waals surface area contributed by atoms with Crippen LogP contribution in [0.3, 0.4) is 0 Å². The average molecular weight is 269 g/mol. The minimum Gasteiger partial charge on any atom is -0.313 e. The largest absolute Gasteiger partial charge is 0.313 e. The smallest absolute Gasteiger partial charge is 0.0351 e. The first-order valence-corrected chi connectivity index (χ1v) is 8.48. The van der Waals surface area contributed by atoms with Gasteiger partial charge >= 0.3 is 0 Å². The molecule has 0 spiro atoms. The Labute approximate surface area is 123 Å². The van der Waals surface area contributed by atoms with E-state index in [-0.39, 0.29) is 0 Å². The molecule has 20 heavy (non-hydrogen) atoms. The van der Waals surface area contributed by atoms with Gasteiger partial charge in [0, 0.05) is 6.04 Å². The van der Waals surface area contributed by atoms with E-state index >= 15 is 0 Å². The molecular formula is C19H27N. The maximum atomic E-state index is 3.67. The van der Waals surface area contributed by atoms with Crippen LogP contribution in [0, 0.1) is 36.5 Å². The van der Waals surface area contributed by atoms with Crippen LogP contribution >= 0.6 is 0 Å². The highest BCUT2D eigenvalue weighted by molar-refractivity contribution is 5.26. The first kappa shape index (κ1) is 12.9. The van der Waals surface area contributed by atoms with Crippen molar-refractivity contribution in [3.05, 3.63) is 35.4 Å². The molecular weight excluding hydrogens is 242 g/mol. The third kappa shape index (κ3) is 2.02. The van der Waals surface area contributed by atoms with Gasteiger partial charge in [0.25, 0.3) is 0 Å². The minimum absolute atomic E-state index is 0.574. The molecule has 108 valence electrons. The van der Waals surface area contributed by atoms with Gasteiger partial charge in [-0.05, 0) is 81.2 Å². The van der Waals surface area contributed by atoms with Gasteiger partial charge in [-0.15, -0.1) is 0 Å². The average Bonchev–Trinajstić information content (AvgIpc) is 2.42. The molecule has 1 aromatic carbocycles. The third-order valence-electron chi connectivity index (χ3n) is 6.40. The van der Waals surface area contributed by atoms with Crippen molar-refractivity contribution in [3.8, 4) is 0 Å². The highest BCUT2D eigenvalue weighted by Crippen LogP contribution is 2.59. The lowest BCUT2D eigenvalue weighted by atomic mass is 9.50. The van der Waals surface area contributed by atoms with E-state index in [4.69, 9.17) is 0 Å². The number of hydrogen-bond acceptors (Lipinski definition) is 1. The zero-order chi connectivity index (χ0) is 13.7. The second-order valence-corrected chi connectivity index (χ2v) is 7.69. The second kappa shape index (κ2) is 4.87. The lowest BCUT2D eigenvalue weighted by Gasteiger charge is -2.56. The van der Waals surface area contributed by atoms with Crippen LogP contribution in [0.1, 0.15) is 49.3 Å². The van der Waals surface area contributed by atoms with E-state index in [2.05, 4.69) is 43.6 Å². The van der Waals surface area contributed by atoms with Crippen molar-refractivity contribution in [2.75, 3.05) is 7.05 Å². The van der Waals surface area contributed by atoms with E-state index in [1.807, 2.05) is 0 Å². The van der Waals surface area contributed by atoms with Gasteiger partial charge in [-0.1, -0.05) is 29.8 Å². The van der Waals surface area contributed by atoms with E-state index in [0.29, 0.717) is 6.04 Å². The molecule has 1 unspecified atom stereocenters. The Morgan fingerprint density at radius 2 is 1.65 bits per heavy atom. The fraction of sp³-hybridized carbons (Fsp3) is 0.684. The molecule has 0 aliphatic heterocycles. The summed E-state index contributed by atoms with van der Waals surface area (Å²) in [6, 6.07) is 9.74. The van der Waals surface area contributed by atoms with Gasteiger partial charge in [0.15, 0.2) is 0 Å². The van der Waals surface area contributed by atoms with Crippen molar-refractivity contribution < 1.29 is 0 Å². The van der Waals surface area contributed by atoms with Crippen LogP contribution in [-0.2, 0) is 0 Å². The number of benzene rings is 1. The maximum absolute atomic E-state index is 3.67. The molecule has 5 rings (SSSR count). The van der Waals surface area contributed by atoms with Crippen molar-refractivity contribution in [2.45, 2.75) is 45.1 Å². The van der Waals surface area contributed by atoms with Gasteiger partial charge in [0.1, 0.15) is 0 Å². The van der Waals surface area contributed by atoms with Crippen molar-refractivity contribution in [3.63, 3.8) is 0 Å². The van der Waals surface area contributed by atoms with Gasteiger partial charge in [0.05, 0.1) is 0 Å². The lowest BCUT2D eigenvalue weighted by molar-refractivity contribution is -0.0515. The second-order valence-electron chi connectivity index (χ2n) is 7.69. The third-order valence-corrected chi connectivity index (χ3v) is 6.40. The lowest BCUT2D eigenvalue weighted by Crippen LogP contribution is -2.49. The molecule has 1 N–H and O–H groups in total. The summed E-state index contributed by atoms with van der Waals surface area (Å²) in [6.45, 7) is 2.22. The van der Waals surface area contributed by atoms with E-state index in [1.165, 1.54) is 36.8 Å². The Bertz CT molecular complexity index is 464. The summed E-state index contributed by atoms with van der Waals surface area (Å²) >= 11 is 0. The Balaban J connectivity index is 1.65. The van der Waals surface area contributed by atoms with E-state index < -0.39 is 0 Å². The first-order chi connectivity index (χ1) is 9.74. The van der Waals surface area contributed by atoms with E-state index in [0.717, 1.165) is 29.6 Å². The van der Waals surface area contributed by atoms with Gasteiger partial charge in [-0.25, -0.2) is 0 Å². The zero-order valence-electron chi connectivity index (χ0n) is 12.8. The Kier molecular flexibility index (Phi) is 3.14. The molecule has 1 atom stereocenters. The maximum Gasteiger partial charge on any atom is 0.0351 e. The highest BCUT2D eigenvalue weighted by Gasteiger charge is 2.50. The predicted octanol–water partition coefficient (Wildman–Crippen LogP) is 4.33. The monoisotopic (exact) mass is 269 g/mol. The van der Waals surface area contributed by atoms with Gasteiger partial charge in [-0.2, -0.15) is 0 Å². The summed E-state index contributed by atoms with van der Waals surface area (Å²) in [5, 5.41) is 3.67. The summed E-state index contributed by atoms with van der Waals surface area (Å²) in [5.41, 5.74) is 2.91. The van der Waals surface area contributed by atoms with Crippen LogP contribution in [0.2, 0.25) is 0 Å². The molecule has 4 saturated carbocycles. The molecule has 0 aromatic heterocycles. The van der Waals surface area contributed by atoms with Crippen LogP contribution in [-0.4, -0.2) is 7.05 Å². The van der Waals surface area contributed by atoms with Crippen molar-refractivity contribution >= 4 is 0 Å². The fourth-order valence-electron chi connectivity index (χ4n) is 5.96. The van der Waals surface area contributed by atoms with E-state index in [1.54, 1.807) is 6.42 Å². The van der Waals surface area contributed by atoms with E-state index in [9.17, 15) is 0 Å². The Hall–Kier alpha value is -0.820. The SMILES string of the molecule is CNC(c1cccc(C)c1)C1C2CC3CC(C2)CC1C3. The normalized spacial score (nSPS) is 40.0. The standard InChI is InChI=1S/C19H27N/c1-12-4-3-5-15(6-12)19(20-2)18-16-8-13-7-14(10-16)11-17(18)9-13/h3-6,13-14,16-20H,7-11H2,1-2H3. The quantitative estimate of drug-likeness (QED) is 0.861. The molecule has 1 heteroatoms. The fourth-order valence-corrected chi connectivity index (χ4v) is 5.96. The Morgan fingerprint density at radius 1 is 1.00 bits per heavy atom. The molecule has 4 aliphatic carbocycles. The number of aryl methyl sites for hydroxylation is 1. The van der Waals surface area contributed by atoms with Crippen LogP contribution in [0.25, 0.3) is 0 Å². The number of nitrogens with one attached hydrogen (secondary N) is 1. The first-order valence-electron chi connectivity index (χ1n) is 8.48. The van der Waals surface area contributed by atoms with Crippen LogP contribution in [0.15, 0.2) is 24.3 Å². The predicted molar refractivity (Wildman–Crippen MR) is 83.5 cm³/mol. The molecule has 0 saturated heterocycles. The summed E-state index contributed by atoms with van der Waals surface area (Å²) < 4.78 is 0. The highest BCUT2D eigenvalue weighted by atomic mass is 14.9. The van der Waals surface area contributed by atoms with Crippen molar-refractivity contribution in [1.29, 1.82) is 0 Å².